The summed E-state index contributed by atoms with van der Waals surface area (Å²) in [6, 6.07) is 18.1. The molecule has 2 saturated heterocycles. The van der Waals surface area contributed by atoms with Crippen LogP contribution in [0.2, 0.25) is 0 Å². The first-order valence-electron chi connectivity index (χ1n) is 9.80. The number of carbonyl (C=O) groups is 1. The summed E-state index contributed by atoms with van der Waals surface area (Å²) in [6.07, 6.45) is 1.07. The van der Waals surface area contributed by atoms with Gasteiger partial charge in [-0.05, 0) is 30.2 Å². The molecule has 1 amide bonds. The number of rotatable bonds is 5. The lowest BCUT2D eigenvalue weighted by molar-refractivity contribution is 0.0773. The van der Waals surface area contributed by atoms with E-state index in [4.69, 9.17) is 4.74 Å². The second kappa shape index (κ2) is 8.55. The lowest BCUT2D eigenvalue weighted by Crippen LogP contribution is -2.49. The third kappa shape index (κ3) is 4.49. The Kier molecular flexibility index (Phi) is 5.70. The lowest BCUT2D eigenvalue weighted by atomic mass is 10.2. The summed E-state index contributed by atoms with van der Waals surface area (Å²) in [7, 11) is 0. The number of amides is 1. The first kappa shape index (κ1) is 18.0. The smallest absolute Gasteiger partial charge is 0.254 e. The Labute approximate surface area is 160 Å². The maximum Gasteiger partial charge on any atom is 0.254 e. The number of nitrogens with zero attached hydrogens (tertiary/aromatic N) is 2. The minimum Gasteiger partial charge on any atom is -0.489 e. The fourth-order valence-electron chi connectivity index (χ4n) is 3.91. The summed E-state index contributed by atoms with van der Waals surface area (Å²) in [4.78, 5) is 17.4. The first-order valence-corrected chi connectivity index (χ1v) is 9.80. The molecule has 4 rings (SSSR count). The van der Waals surface area contributed by atoms with Gasteiger partial charge in [-0.3, -0.25) is 9.69 Å². The van der Waals surface area contributed by atoms with E-state index in [0.717, 1.165) is 57.0 Å². The zero-order valence-corrected chi connectivity index (χ0v) is 15.6. The highest BCUT2D eigenvalue weighted by atomic mass is 16.5. The summed E-state index contributed by atoms with van der Waals surface area (Å²) in [5.41, 5.74) is 1.83. The quantitative estimate of drug-likeness (QED) is 0.884. The van der Waals surface area contributed by atoms with Gasteiger partial charge < -0.3 is 15.0 Å². The molecule has 2 aliphatic heterocycles. The molecule has 1 atom stereocenters. The topological polar surface area (TPSA) is 44.8 Å². The minimum atomic E-state index is 0.109. The van der Waals surface area contributed by atoms with Crippen LogP contribution in [0.1, 0.15) is 22.3 Å². The number of hydrogen-bond donors (Lipinski definition) is 1. The molecule has 2 aliphatic rings. The highest BCUT2D eigenvalue weighted by molar-refractivity contribution is 5.94. The highest BCUT2D eigenvalue weighted by Gasteiger charge is 2.31. The van der Waals surface area contributed by atoms with Gasteiger partial charge in [-0.15, -0.1) is 0 Å². The summed E-state index contributed by atoms with van der Waals surface area (Å²) in [5.74, 6) is 0.848. The number of benzene rings is 2. The van der Waals surface area contributed by atoms with E-state index >= 15 is 0 Å². The normalized spacial score (nSPS) is 20.6. The predicted molar refractivity (Wildman–Crippen MR) is 106 cm³/mol. The number of piperazine rings is 1. The van der Waals surface area contributed by atoms with E-state index in [0.29, 0.717) is 18.2 Å². The Hall–Kier alpha value is -2.37. The maximum atomic E-state index is 12.9. The van der Waals surface area contributed by atoms with Gasteiger partial charge in [0.1, 0.15) is 12.4 Å². The second-order valence-electron chi connectivity index (χ2n) is 7.28. The van der Waals surface area contributed by atoms with Gasteiger partial charge in [-0.1, -0.05) is 36.4 Å². The van der Waals surface area contributed by atoms with Crippen LogP contribution in [-0.4, -0.2) is 61.0 Å². The van der Waals surface area contributed by atoms with Crippen molar-refractivity contribution in [2.24, 2.45) is 0 Å². The molecule has 2 aromatic carbocycles. The van der Waals surface area contributed by atoms with Crippen LogP contribution < -0.4 is 10.1 Å². The van der Waals surface area contributed by atoms with E-state index in [1.807, 2.05) is 59.5 Å². The SMILES string of the molecule is O=C(c1cccc(OCc2ccccc2)c1)N1CCC(N2CCNCC2)C1. The van der Waals surface area contributed by atoms with Gasteiger partial charge in [0.15, 0.2) is 0 Å². The monoisotopic (exact) mass is 365 g/mol. The second-order valence-corrected chi connectivity index (χ2v) is 7.28. The molecule has 1 unspecified atom stereocenters. The number of ether oxygens (including phenoxy) is 1. The van der Waals surface area contributed by atoms with E-state index in [-0.39, 0.29) is 5.91 Å². The van der Waals surface area contributed by atoms with Gasteiger partial charge in [0.25, 0.3) is 5.91 Å². The molecule has 0 saturated carbocycles. The first-order chi connectivity index (χ1) is 13.3. The van der Waals surface area contributed by atoms with Crippen LogP contribution >= 0.6 is 0 Å². The van der Waals surface area contributed by atoms with Gasteiger partial charge in [0.2, 0.25) is 0 Å². The highest BCUT2D eigenvalue weighted by Crippen LogP contribution is 2.21. The van der Waals surface area contributed by atoms with Crippen LogP contribution in [0.3, 0.4) is 0 Å². The molecule has 5 heteroatoms. The Bertz CT molecular complexity index is 759. The summed E-state index contributed by atoms with van der Waals surface area (Å²) >= 11 is 0. The molecule has 0 spiro atoms. The van der Waals surface area contributed by atoms with Gasteiger partial charge >= 0.3 is 0 Å². The number of carbonyl (C=O) groups excluding carboxylic acids is 1. The average molecular weight is 365 g/mol. The van der Waals surface area contributed by atoms with Gasteiger partial charge in [0, 0.05) is 50.9 Å². The minimum absolute atomic E-state index is 0.109. The van der Waals surface area contributed by atoms with Crippen molar-refractivity contribution in [2.45, 2.75) is 19.1 Å². The van der Waals surface area contributed by atoms with Crippen LogP contribution in [0.5, 0.6) is 5.75 Å². The van der Waals surface area contributed by atoms with E-state index < -0.39 is 0 Å². The predicted octanol–water partition coefficient (Wildman–Crippen LogP) is 2.39. The molecule has 5 nitrogen and oxygen atoms in total. The standard InChI is InChI=1S/C22H27N3O2/c26-22(25-12-9-20(16-25)24-13-10-23-11-14-24)19-7-4-8-21(15-19)27-17-18-5-2-1-3-6-18/h1-8,15,20,23H,9-14,16-17H2. The Morgan fingerprint density at radius 3 is 2.67 bits per heavy atom. The molecule has 142 valence electrons. The largest absolute Gasteiger partial charge is 0.489 e. The van der Waals surface area contributed by atoms with Crippen molar-refractivity contribution < 1.29 is 9.53 Å². The van der Waals surface area contributed by atoms with Crippen molar-refractivity contribution in [3.8, 4) is 5.75 Å². The van der Waals surface area contributed by atoms with Crippen molar-refractivity contribution in [1.82, 2.24) is 15.1 Å². The fraction of sp³-hybridized carbons (Fsp3) is 0.409. The van der Waals surface area contributed by atoms with E-state index in [9.17, 15) is 4.79 Å². The molecule has 0 radical (unpaired) electrons. The van der Waals surface area contributed by atoms with E-state index in [1.165, 1.54) is 0 Å². The molecule has 27 heavy (non-hydrogen) atoms. The van der Waals surface area contributed by atoms with Crippen molar-refractivity contribution in [2.75, 3.05) is 39.3 Å². The van der Waals surface area contributed by atoms with Crippen LogP contribution in [0, 0.1) is 0 Å². The third-order valence-corrected chi connectivity index (χ3v) is 5.45. The van der Waals surface area contributed by atoms with Crippen molar-refractivity contribution in [3.05, 3.63) is 65.7 Å². The zero-order chi connectivity index (χ0) is 18.5. The van der Waals surface area contributed by atoms with E-state index in [2.05, 4.69) is 10.2 Å². The maximum absolute atomic E-state index is 12.9. The molecule has 0 aliphatic carbocycles. The Morgan fingerprint density at radius 1 is 1.04 bits per heavy atom. The van der Waals surface area contributed by atoms with Crippen LogP contribution in [-0.2, 0) is 6.61 Å². The average Bonchev–Trinajstić information content (AvgIpc) is 3.24. The fourth-order valence-corrected chi connectivity index (χ4v) is 3.91. The molecule has 1 N–H and O–H groups in total. The van der Waals surface area contributed by atoms with Gasteiger partial charge in [0.05, 0.1) is 0 Å². The van der Waals surface area contributed by atoms with Crippen LogP contribution in [0.15, 0.2) is 54.6 Å². The van der Waals surface area contributed by atoms with Crippen molar-refractivity contribution in [1.29, 1.82) is 0 Å². The molecule has 2 fully saturated rings. The van der Waals surface area contributed by atoms with Crippen molar-refractivity contribution in [3.63, 3.8) is 0 Å². The van der Waals surface area contributed by atoms with Crippen LogP contribution in [0.4, 0.5) is 0 Å². The van der Waals surface area contributed by atoms with E-state index in [1.54, 1.807) is 0 Å². The molecule has 0 bridgehead atoms. The summed E-state index contributed by atoms with van der Waals surface area (Å²) in [5, 5.41) is 3.39. The zero-order valence-electron chi connectivity index (χ0n) is 15.6. The molecule has 2 heterocycles. The molecular formula is C22H27N3O2. The molecule has 0 aromatic heterocycles. The van der Waals surface area contributed by atoms with Crippen molar-refractivity contribution >= 4 is 5.91 Å². The number of likely N-dealkylation sites (tertiary alicyclic amines) is 1. The summed E-state index contributed by atoms with van der Waals surface area (Å²) < 4.78 is 5.88. The Balaban J connectivity index is 1.36. The van der Waals surface area contributed by atoms with Gasteiger partial charge in [-0.25, -0.2) is 0 Å². The van der Waals surface area contributed by atoms with Crippen LogP contribution in [0.25, 0.3) is 0 Å². The summed E-state index contributed by atoms with van der Waals surface area (Å²) in [6.45, 7) is 6.42. The third-order valence-electron chi connectivity index (χ3n) is 5.45. The number of hydrogen-bond acceptors (Lipinski definition) is 4. The molecular weight excluding hydrogens is 338 g/mol. The molecule has 2 aromatic rings. The lowest BCUT2D eigenvalue weighted by Gasteiger charge is -2.32. The Morgan fingerprint density at radius 2 is 1.85 bits per heavy atom. The van der Waals surface area contributed by atoms with Gasteiger partial charge in [-0.2, -0.15) is 0 Å². The number of nitrogens with one attached hydrogen (secondary N) is 1.